The van der Waals surface area contributed by atoms with Gasteiger partial charge in [0, 0.05) is 18.6 Å². The largest absolute Gasteiger partial charge is 0.314 e. The minimum Gasteiger partial charge on any atom is -0.314 e. The van der Waals surface area contributed by atoms with E-state index in [4.69, 9.17) is 11.6 Å². The van der Waals surface area contributed by atoms with Crippen LogP contribution in [0.15, 0.2) is 24.3 Å². The van der Waals surface area contributed by atoms with E-state index in [1.165, 1.54) is 5.56 Å². The molecule has 2 nitrogen and oxygen atoms in total. The van der Waals surface area contributed by atoms with Crippen molar-refractivity contribution in [2.24, 2.45) is 0 Å². The molecule has 1 atom stereocenters. The highest BCUT2D eigenvalue weighted by Crippen LogP contribution is 2.43. The Morgan fingerprint density at radius 3 is 2.58 bits per heavy atom. The highest BCUT2D eigenvalue weighted by atomic mass is 35.5. The summed E-state index contributed by atoms with van der Waals surface area (Å²) in [7, 11) is 1.87. The fraction of sp³-hybridized carbons (Fsp3) is 0.562. The molecular weight excluding hydrogens is 258 g/mol. The van der Waals surface area contributed by atoms with E-state index in [1.807, 2.05) is 25.2 Å². The summed E-state index contributed by atoms with van der Waals surface area (Å²) in [6.07, 6.45) is 5.40. The number of unbranched alkanes of at least 4 members (excludes halogenated alkanes) is 3. The van der Waals surface area contributed by atoms with Crippen LogP contribution in [0.2, 0.25) is 0 Å². The highest BCUT2D eigenvalue weighted by molar-refractivity contribution is 6.17. The van der Waals surface area contributed by atoms with Crippen molar-refractivity contribution in [1.82, 2.24) is 0 Å². The van der Waals surface area contributed by atoms with Gasteiger partial charge in [-0.3, -0.25) is 4.79 Å². The van der Waals surface area contributed by atoms with E-state index in [2.05, 4.69) is 13.0 Å². The first-order valence-corrected chi connectivity index (χ1v) is 7.58. The third-order valence-electron chi connectivity index (χ3n) is 4.20. The van der Waals surface area contributed by atoms with Gasteiger partial charge in [0.2, 0.25) is 5.91 Å². The molecule has 0 saturated carbocycles. The molecule has 0 aromatic heterocycles. The quantitative estimate of drug-likeness (QED) is 0.567. The maximum atomic E-state index is 12.5. The number of benzene rings is 1. The van der Waals surface area contributed by atoms with Crippen LogP contribution in [-0.4, -0.2) is 18.8 Å². The molecule has 1 amide bonds. The Labute approximate surface area is 120 Å². The van der Waals surface area contributed by atoms with E-state index in [-0.39, 0.29) is 11.3 Å². The van der Waals surface area contributed by atoms with Gasteiger partial charge in [0.1, 0.15) is 0 Å². The van der Waals surface area contributed by atoms with Crippen LogP contribution >= 0.6 is 11.6 Å². The van der Waals surface area contributed by atoms with Crippen LogP contribution in [0.1, 0.15) is 44.6 Å². The van der Waals surface area contributed by atoms with Crippen LogP contribution in [-0.2, 0) is 10.2 Å². The lowest BCUT2D eigenvalue weighted by Crippen LogP contribution is -2.36. The molecule has 1 heterocycles. The summed E-state index contributed by atoms with van der Waals surface area (Å²) >= 11 is 5.68. The molecule has 104 valence electrons. The number of rotatable bonds is 6. The zero-order chi connectivity index (χ0) is 13.9. The van der Waals surface area contributed by atoms with E-state index in [0.29, 0.717) is 0 Å². The molecule has 0 spiro atoms. The SMILES string of the molecule is CN1C(=O)[C@](C)(CCCCCCCl)c2ccccc21. The molecule has 0 radical (unpaired) electrons. The fourth-order valence-corrected chi connectivity index (χ4v) is 3.18. The van der Waals surface area contributed by atoms with E-state index in [1.54, 1.807) is 4.90 Å². The maximum Gasteiger partial charge on any atom is 0.237 e. The number of carbonyl (C=O) groups is 1. The van der Waals surface area contributed by atoms with E-state index < -0.39 is 0 Å². The van der Waals surface area contributed by atoms with Gasteiger partial charge in [-0.25, -0.2) is 0 Å². The first kappa shape index (κ1) is 14.4. The summed E-state index contributed by atoms with van der Waals surface area (Å²) in [4.78, 5) is 14.3. The molecule has 0 N–H and O–H groups in total. The fourth-order valence-electron chi connectivity index (χ4n) is 3.00. The lowest BCUT2D eigenvalue weighted by molar-refractivity contribution is -0.122. The van der Waals surface area contributed by atoms with Crippen molar-refractivity contribution in [3.8, 4) is 0 Å². The number of alkyl halides is 1. The number of hydrogen-bond acceptors (Lipinski definition) is 1. The number of carbonyl (C=O) groups excluding carboxylic acids is 1. The maximum absolute atomic E-state index is 12.5. The van der Waals surface area contributed by atoms with Gasteiger partial charge < -0.3 is 4.90 Å². The van der Waals surface area contributed by atoms with Crippen molar-refractivity contribution in [2.75, 3.05) is 17.8 Å². The normalized spacial score (nSPS) is 21.8. The topological polar surface area (TPSA) is 20.3 Å². The van der Waals surface area contributed by atoms with Crippen molar-refractivity contribution < 1.29 is 4.79 Å². The molecule has 3 heteroatoms. The molecule has 1 aromatic rings. The van der Waals surface area contributed by atoms with Crippen molar-refractivity contribution in [2.45, 2.75) is 44.4 Å². The van der Waals surface area contributed by atoms with E-state index in [0.717, 1.165) is 43.7 Å². The summed E-state index contributed by atoms with van der Waals surface area (Å²) in [6.45, 7) is 2.08. The lowest BCUT2D eigenvalue weighted by atomic mass is 9.79. The number of likely N-dealkylation sites (N-methyl/N-ethyl adjacent to an activating group) is 1. The lowest BCUT2D eigenvalue weighted by Gasteiger charge is -2.23. The molecule has 0 saturated heterocycles. The predicted octanol–water partition coefficient (Wildman–Crippen LogP) is 4.11. The number of amides is 1. The van der Waals surface area contributed by atoms with Gasteiger partial charge in [-0.1, -0.05) is 37.5 Å². The van der Waals surface area contributed by atoms with Gasteiger partial charge >= 0.3 is 0 Å². The molecule has 0 fully saturated rings. The van der Waals surface area contributed by atoms with Crippen LogP contribution in [0, 0.1) is 0 Å². The minimum atomic E-state index is -0.341. The van der Waals surface area contributed by atoms with Crippen molar-refractivity contribution in [3.05, 3.63) is 29.8 Å². The molecular formula is C16H22ClNO. The number of halogens is 1. The van der Waals surface area contributed by atoms with Gasteiger partial charge in [-0.2, -0.15) is 0 Å². The van der Waals surface area contributed by atoms with Gasteiger partial charge in [0.25, 0.3) is 0 Å². The average molecular weight is 280 g/mol. The van der Waals surface area contributed by atoms with Gasteiger partial charge in [0.05, 0.1) is 5.41 Å². The van der Waals surface area contributed by atoms with Crippen molar-refractivity contribution >= 4 is 23.2 Å². The summed E-state index contributed by atoms with van der Waals surface area (Å²) in [5.41, 5.74) is 1.90. The number of hydrogen-bond donors (Lipinski definition) is 0. The predicted molar refractivity (Wildman–Crippen MR) is 81.0 cm³/mol. The van der Waals surface area contributed by atoms with Crippen molar-refractivity contribution in [3.63, 3.8) is 0 Å². The van der Waals surface area contributed by atoms with Gasteiger partial charge in [-0.05, 0) is 31.4 Å². The second-order valence-electron chi connectivity index (χ2n) is 5.57. The third kappa shape index (κ3) is 2.64. The molecule has 0 bridgehead atoms. The van der Waals surface area contributed by atoms with Crippen LogP contribution in [0.4, 0.5) is 5.69 Å². The zero-order valence-electron chi connectivity index (χ0n) is 11.8. The molecule has 1 aromatic carbocycles. The number of anilines is 1. The Bertz CT molecular complexity index is 460. The van der Waals surface area contributed by atoms with Crippen LogP contribution in [0.25, 0.3) is 0 Å². The molecule has 1 aliphatic rings. The van der Waals surface area contributed by atoms with Crippen LogP contribution in [0.5, 0.6) is 0 Å². The Morgan fingerprint density at radius 1 is 1.16 bits per heavy atom. The second-order valence-corrected chi connectivity index (χ2v) is 5.94. The van der Waals surface area contributed by atoms with Gasteiger partial charge in [0.15, 0.2) is 0 Å². The number of nitrogens with zero attached hydrogens (tertiary/aromatic N) is 1. The summed E-state index contributed by atoms with van der Waals surface area (Å²) in [6, 6.07) is 8.15. The van der Waals surface area contributed by atoms with E-state index in [9.17, 15) is 4.79 Å². The van der Waals surface area contributed by atoms with Crippen LogP contribution in [0.3, 0.4) is 0 Å². The van der Waals surface area contributed by atoms with Gasteiger partial charge in [-0.15, -0.1) is 11.6 Å². The van der Waals surface area contributed by atoms with Crippen molar-refractivity contribution in [1.29, 1.82) is 0 Å². The van der Waals surface area contributed by atoms with Crippen LogP contribution < -0.4 is 4.90 Å². The highest BCUT2D eigenvalue weighted by Gasteiger charge is 2.44. The Kier molecular flexibility index (Phi) is 4.51. The zero-order valence-corrected chi connectivity index (χ0v) is 12.5. The monoisotopic (exact) mass is 279 g/mol. The molecule has 19 heavy (non-hydrogen) atoms. The summed E-state index contributed by atoms with van der Waals surface area (Å²) < 4.78 is 0. The first-order valence-electron chi connectivity index (χ1n) is 7.05. The summed E-state index contributed by atoms with van der Waals surface area (Å²) in [5, 5.41) is 0. The third-order valence-corrected chi connectivity index (χ3v) is 4.46. The molecule has 2 rings (SSSR count). The smallest absolute Gasteiger partial charge is 0.237 e. The molecule has 0 unspecified atom stereocenters. The second kappa shape index (κ2) is 5.96. The summed E-state index contributed by atoms with van der Waals surface area (Å²) in [5.74, 6) is 0.966. The minimum absolute atomic E-state index is 0.228. The first-order chi connectivity index (χ1) is 9.11. The average Bonchev–Trinajstić information content (AvgIpc) is 2.62. The number of para-hydroxylation sites is 1. The Balaban J connectivity index is 2.08. The van der Waals surface area contributed by atoms with E-state index >= 15 is 0 Å². The number of fused-ring (bicyclic) bond motifs is 1. The standard InChI is InChI=1S/C16H22ClNO/c1-16(11-7-3-4-8-12-17)13-9-5-6-10-14(13)18(2)15(16)19/h5-6,9-10H,3-4,7-8,11-12H2,1-2H3/t16-/m1/s1. The molecule has 1 aliphatic heterocycles. The Morgan fingerprint density at radius 2 is 1.84 bits per heavy atom. The Hall–Kier alpha value is -1.02. The molecule has 0 aliphatic carbocycles.